The van der Waals surface area contributed by atoms with Gasteiger partial charge in [0.15, 0.2) is 0 Å². The van der Waals surface area contributed by atoms with Crippen LogP contribution in [0.2, 0.25) is 0 Å². The average molecular weight is 512 g/mol. The molecule has 6 nitrogen and oxygen atoms in total. The van der Waals surface area contributed by atoms with Gasteiger partial charge in [0.1, 0.15) is 5.76 Å². The van der Waals surface area contributed by atoms with E-state index in [1.807, 2.05) is 55.5 Å². The van der Waals surface area contributed by atoms with Gasteiger partial charge >= 0.3 is 0 Å². The molecule has 6 heteroatoms. The number of Topliss-reactive ketones (excluding diaryl/α,β-unsaturated/α-hetero) is 1. The van der Waals surface area contributed by atoms with Crippen molar-refractivity contribution in [1.29, 1.82) is 0 Å². The third-order valence-corrected chi connectivity index (χ3v) is 7.31. The molecule has 4 rings (SSSR count). The van der Waals surface area contributed by atoms with E-state index in [0.29, 0.717) is 5.56 Å². The average Bonchev–Trinajstić information content (AvgIpc) is 3.14. The Bertz CT molecular complexity index is 1350. The van der Waals surface area contributed by atoms with Gasteiger partial charge in [-0.3, -0.25) is 14.6 Å². The monoisotopic (exact) mass is 511 g/mol. The Kier molecular flexibility index (Phi) is 7.72. The van der Waals surface area contributed by atoms with Crippen molar-refractivity contribution >= 4 is 23.1 Å². The Morgan fingerprint density at radius 2 is 1.71 bits per heavy atom. The summed E-state index contributed by atoms with van der Waals surface area (Å²) in [6.45, 7) is 14.4. The number of benzene rings is 2. The lowest BCUT2D eigenvalue weighted by Gasteiger charge is -2.27. The van der Waals surface area contributed by atoms with Crippen molar-refractivity contribution in [3.63, 3.8) is 0 Å². The lowest BCUT2D eigenvalue weighted by atomic mass is 9.84. The van der Waals surface area contributed by atoms with E-state index in [1.165, 1.54) is 0 Å². The summed E-state index contributed by atoms with van der Waals surface area (Å²) >= 11 is 0. The van der Waals surface area contributed by atoms with Crippen molar-refractivity contribution in [2.45, 2.75) is 59.5 Å². The van der Waals surface area contributed by atoms with E-state index in [4.69, 9.17) is 0 Å². The Morgan fingerprint density at radius 1 is 1.03 bits per heavy atom. The minimum atomic E-state index is -0.723. The van der Waals surface area contributed by atoms with Gasteiger partial charge in [-0.25, -0.2) is 0 Å². The maximum atomic E-state index is 13.5. The fourth-order valence-electron chi connectivity index (χ4n) is 5.02. The van der Waals surface area contributed by atoms with Gasteiger partial charge in [0.05, 0.1) is 11.6 Å². The van der Waals surface area contributed by atoms with E-state index in [-0.39, 0.29) is 23.3 Å². The molecule has 1 unspecified atom stereocenters. The van der Waals surface area contributed by atoms with Crippen LogP contribution >= 0.6 is 0 Å². The van der Waals surface area contributed by atoms with Crippen molar-refractivity contribution in [3.05, 3.63) is 100 Å². The number of rotatable bonds is 7. The molecule has 3 aromatic rings. The van der Waals surface area contributed by atoms with Crippen LogP contribution in [0.1, 0.15) is 68.5 Å². The highest BCUT2D eigenvalue weighted by molar-refractivity contribution is 6.46. The minimum Gasteiger partial charge on any atom is -0.507 e. The maximum Gasteiger partial charge on any atom is 0.295 e. The Morgan fingerprint density at radius 3 is 2.29 bits per heavy atom. The molecular formula is C32H37N3O3. The number of aryl methyl sites for hydroxylation is 1. The number of anilines is 1. The zero-order valence-corrected chi connectivity index (χ0v) is 23.2. The van der Waals surface area contributed by atoms with Gasteiger partial charge in [-0.15, -0.1) is 0 Å². The highest BCUT2D eigenvalue weighted by atomic mass is 16.3. The molecule has 0 bridgehead atoms. The number of nitrogens with zero attached hydrogens (tertiary/aromatic N) is 3. The van der Waals surface area contributed by atoms with Crippen molar-refractivity contribution in [3.8, 4) is 0 Å². The molecule has 0 radical (unpaired) electrons. The van der Waals surface area contributed by atoms with Crippen LogP contribution < -0.4 is 4.90 Å². The van der Waals surface area contributed by atoms with E-state index in [2.05, 4.69) is 44.5 Å². The van der Waals surface area contributed by atoms with Crippen LogP contribution in [0.25, 0.3) is 5.76 Å². The molecular weight excluding hydrogens is 474 g/mol. The number of carbonyl (C=O) groups is 2. The van der Waals surface area contributed by atoms with E-state index < -0.39 is 17.7 Å². The topological polar surface area (TPSA) is 73.7 Å². The smallest absolute Gasteiger partial charge is 0.295 e. The highest BCUT2D eigenvalue weighted by Gasteiger charge is 2.46. The van der Waals surface area contributed by atoms with Crippen LogP contribution in [-0.4, -0.2) is 39.8 Å². The number of aliphatic hydroxyl groups excluding tert-OH is 1. The summed E-state index contributed by atoms with van der Waals surface area (Å²) in [4.78, 5) is 34.9. The van der Waals surface area contributed by atoms with Crippen molar-refractivity contribution in [2.75, 3.05) is 18.0 Å². The highest BCUT2D eigenvalue weighted by Crippen LogP contribution is 2.41. The predicted molar refractivity (Wildman–Crippen MR) is 152 cm³/mol. The fraction of sp³-hybridized carbons (Fsp3) is 0.344. The summed E-state index contributed by atoms with van der Waals surface area (Å²) in [7, 11) is 0. The molecule has 0 spiro atoms. The molecule has 1 fully saturated rings. The summed E-state index contributed by atoms with van der Waals surface area (Å²) in [5.74, 6) is -1.44. The molecule has 2 heterocycles. The first-order valence-corrected chi connectivity index (χ1v) is 13.2. The molecule has 0 aliphatic carbocycles. The van der Waals surface area contributed by atoms with Crippen molar-refractivity contribution in [2.24, 2.45) is 0 Å². The molecule has 1 N–H and O–H groups in total. The summed E-state index contributed by atoms with van der Waals surface area (Å²) in [5.41, 5.74) is 5.07. The Balaban J connectivity index is 1.89. The molecule has 1 aliphatic heterocycles. The number of likely N-dealkylation sites (tertiary alicyclic amines) is 1. The SMILES string of the molecule is CCN(CC)c1ccc(C2/C(=C(\O)c3cc(C(C)(C)C)ccc3C)C(=O)C(=O)N2Cc2cccnc2)cc1. The summed E-state index contributed by atoms with van der Waals surface area (Å²) in [6.07, 6.45) is 3.36. The van der Waals surface area contributed by atoms with Gasteiger partial charge in [-0.05, 0) is 72.7 Å². The van der Waals surface area contributed by atoms with Crippen LogP contribution in [0.5, 0.6) is 0 Å². The number of aliphatic hydroxyl groups is 1. The molecule has 1 aromatic heterocycles. The van der Waals surface area contributed by atoms with Gasteiger partial charge in [0.25, 0.3) is 11.7 Å². The number of hydrogen-bond acceptors (Lipinski definition) is 5. The number of aromatic nitrogens is 1. The van der Waals surface area contributed by atoms with Crippen LogP contribution in [0.15, 0.2) is 72.6 Å². The van der Waals surface area contributed by atoms with E-state index in [0.717, 1.165) is 41.0 Å². The normalized spacial score (nSPS) is 17.2. The number of ketones is 1. The number of hydrogen-bond donors (Lipinski definition) is 1. The van der Waals surface area contributed by atoms with Crippen LogP contribution in [0.3, 0.4) is 0 Å². The summed E-state index contributed by atoms with van der Waals surface area (Å²) in [5, 5.41) is 11.7. The number of pyridine rings is 1. The predicted octanol–water partition coefficient (Wildman–Crippen LogP) is 6.16. The first kappa shape index (κ1) is 27.1. The zero-order valence-electron chi connectivity index (χ0n) is 23.2. The van der Waals surface area contributed by atoms with Gasteiger partial charge in [-0.2, -0.15) is 0 Å². The largest absolute Gasteiger partial charge is 0.507 e. The maximum absolute atomic E-state index is 13.5. The minimum absolute atomic E-state index is 0.114. The first-order chi connectivity index (χ1) is 18.1. The Hall–Kier alpha value is -3.93. The molecule has 1 saturated heterocycles. The number of amides is 1. The molecule has 0 saturated carbocycles. The summed E-state index contributed by atoms with van der Waals surface area (Å²) < 4.78 is 0. The van der Waals surface area contributed by atoms with Gasteiger partial charge in [0.2, 0.25) is 0 Å². The number of carbonyl (C=O) groups excluding carboxylic acids is 2. The van der Waals surface area contributed by atoms with Crippen molar-refractivity contribution < 1.29 is 14.7 Å². The van der Waals surface area contributed by atoms with E-state index in [1.54, 1.807) is 23.4 Å². The van der Waals surface area contributed by atoms with Crippen molar-refractivity contribution in [1.82, 2.24) is 9.88 Å². The second-order valence-corrected chi connectivity index (χ2v) is 10.8. The quantitative estimate of drug-likeness (QED) is 0.234. The Labute approximate surface area is 225 Å². The third-order valence-electron chi connectivity index (χ3n) is 7.31. The van der Waals surface area contributed by atoms with Crippen LogP contribution in [-0.2, 0) is 21.5 Å². The van der Waals surface area contributed by atoms with Gasteiger partial charge in [0, 0.05) is 43.3 Å². The second kappa shape index (κ2) is 10.8. The fourth-order valence-corrected chi connectivity index (χ4v) is 5.02. The molecule has 2 aromatic carbocycles. The van der Waals surface area contributed by atoms with Gasteiger partial charge < -0.3 is 14.9 Å². The van der Waals surface area contributed by atoms with Crippen LogP contribution in [0, 0.1) is 6.92 Å². The molecule has 38 heavy (non-hydrogen) atoms. The molecule has 1 aliphatic rings. The lowest BCUT2D eigenvalue weighted by molar-refractivity contribution is -0.140. The zero-order chi connectivity index (χ0) is 27.6. The first-order valence-electron chi connectivity index (χ1n) is 13.2. The van der Waals surface area contributed by atoms with Gasteiger partial charge in [-0.1, -0.05) is 51.1 Å². The second-order valence-electron chi connectivity index (χ2n) is 10.8. The lowest BCUT2D eigenvalue weighted by Crippen LogP contribution is -2.29. The third kappa shape index (κ3) is 5.21. The molecule has 198 valence electrons. The molecule has 1 amide bonds. The van der Waals surface area contributed by atoms with E-state index >= 15 is 0 Å². The summed E-state index contributed by atoms with van der Waals surface area (Å²) in [6, 6.07) is 16.8. The van der Waals surface area contributed by atoms with Crippen LogP contribution in [0.4, 0.5) is 5.69 Å². The molecule has 1 atom stereocenters. The standard InChI is InChI=1S/C32H37N3O3/c1-7-34(8-2)25-15-12-23(13-16-25)28-27(29(36)26-18-24(32(4,5)6)14-11-21(26)3)30(37)31(38)35(28)20-22-10-9-17-33-19-22/h9-19,28,36H,7-8,20H2,1-6H3/b29-27+. The van der Waals surface area contributed by atoms with E-state index in [9.17, 15) is 14.7 Å².